The topological polar surface area (TPSA) is 45.0 Å². The molecule has 0 spiro atoms. The molecule has 1 aliphatic rings. The van der Waals surface area contributed by atoms with E-state index in [2.05, 4.69) is 64.9 Å². The molecule has 0 saturated carbocycles. The number of aryl methyl sites for hydroxylation is 2. The van der Waals surface area contributed by atoms with Crippen LogP contribution in [-0.4, -0.2) is 60.8 Å². The number of likely N-dealkylation sites (N-methyl/N-ethyl adjacent to an activating group) is 1. The third-order valence-electron chi connectivity index (χ3n) is 7.31. The summed E-state index contributed by atoms with van der Waals surface area (Å²) >= 11 is 0. The number of aromatic nitrogens is 1. The van der Waals surface area contributed by atoms with Gasteiger partial charge in [-0.3, -0.25) is 9.80 Å². The molecule has 1 aromatic heterocycles. The van der Waals surface area contributed by atoms with Gasteiger partial charge in [-0.25, -0.2) is 0 Å². The lowest BCUT2D eigenvalue weighted by atomic mass is 10.1. The summed E-state index contributed by atoms with van der Waals surface area (Å²) in [5, 5.41) is 4.33. The van der Waals surface area contributed by atoms with Crippen LogP contribution in [0.25, 0.3) is 11.3 Å². The Hall–Kier alpha value is -3.61. The minimum atomic E-state index is 0.765. The number of ether oxygens (including phenoxy) is 1. The number of hydrogen-bond acceptors (Lipinski definition) is 6. The van der Waals surface area contributed by atoms with Gasteiger partial charge in [0.05, 0.1) is 6.54 Å². The molecule has 6 nitrogen and oxygen atoms in total. The molecule has 0 bridgehead atoms. The Morgan fingerprint density at radius 2 is 1.61 bits per heavy atom. The average Bonchev–Trinajstić information content (AvgIpc) is 3.41. The van der Waals surface area contributed by atoms with Crippen LogP contribution in [-0.2, 0) is 6.54 Å². The molecule has 1 saturated heterocycles. The standard InChI is InChI=1S/C32H38N4O2/c1-4-34(16-17-35-18-20-36(21-19-35)32-15-10-25(2)22-26(32)3)24-30-23-31(33-38-30)27-11-13-29(14-12-27)37-28-8-6-5-7-9-28/h5-15,22-23H,4,16-21,24H2,1-3H3. The van der Waals surface area contributed by atoms with Crippen molar-refractivity contribution in [2.24, 2.45) is 0 Å². The van der Waals surface area contributed by atoms with Crippen LogP contribution in [0.5, 0.6) is 11.5 Å². The fourth-order valence-corrected chi connectivity index (χ4v) is 5.07. The van der Waals surface area contributed by atoms with Crippen molar-refractivity contribution >= 4 is 5.69 Å². The molecule has 0 atom stereocenters. The minimum Gasteiger partial charge on any atom is -0.457 e. The molecule has 1 fully saturated rings. The molecule has 0 radical (unpaired) electrons. The molecule has 0 aliphatic carbocycles. The summed E-state index contributed by atoms with van der Waals surface area (Å²) in [7, 11) is 0. The van der Waals surface area contributed by atoms with Gasteiger partial charge in [-0.05, 0) is 68.4 Å². The Labute approximate surface area is 226 Å². The van der Waals surface area contributed by atoms with Crippen LogP contribution in [0.3, 0.4) is 0 Å². The third-order valence-corrected chi connectivity index (χ3v) is 7.31. The van der Waals surface area contributed by atoms with E-state index in [9.17, 15) is 0 Å². The lowest BCUT2D eigenvalue weighted by Gasteiger charge is -2.37. The molecule has 4 aromatic rings. The summed E-state index contributed by atoms with van der Waals surface area (Å²) in [5.41, 5.74) is 5.95. The summed E-state index contributed by atoms with van der Waals surface area (Å²) in [6.07, 6.45) is 0. The number of para-hydroxylation sites is 1. The van der Waals surface area contributed by atoms with E-state index >= 15 is 0 Å². The second-order valence-corrected chi connectivity index (χ2v) is 10.1. The van der Waals surface area contributed by atoms with Gasteiger partial charge in [-0.15, -0.1) is 0 Å². The highest BCUT2D eigenvalue weighted by Gasteiger charge is 2.19. The van der Waals surface area contributed by atoms with Gasteiger partial charge in [0.2, 0.25) is 0 Å². The van der Waals surface area contributed by atoms with Gasteiger partial charge >= 0.3 is 0 Å². The van der Waals surface area contributed by atoms with Crippen LogP contribution in [0.4, 0.5) is 5.69 Å². The fourth-order valence-electron chi connectivity index (χ4n) is 5.07. The number of hydrogen-bond donors (Lipinski definition) is 0. The van der Waals surface area contributed by atoms with Crippen LogP contribution < -0.4 is 9.64 Å². The lowest BCUT2D eigenvalue weighted by molar-refractivity contribution is 0.185. The van der Waals surface area contributed by atoms with E-state index in [0.717, 1.165) is 80.9 Å². The highest BCUT2D eigenvalue weighted by molar-refractivity contribution is 5.60. The molecule has 3 aromatic carbocycles. The van der Waals surface area contributed by atoms with Crippen molar-refractivity contribution in [2.45, 2.75) is 27.3 Å². The summed E-state index contributed by atoms with van der Waals surface area (Å²) < 4.78 is 11.6. The first-order valence-electron chi connectivity index (χ1n) is 13.6. The zero-order chi connectivity index (χ0) is 26.3. The predicted molar refractivity (Wildman–Crippen MR) is 154 cm³/mol. The minimum absolute atomic E-state index is 0.765. The molecular formula is C32H38N4O2. The van der Waals surface area contributed by atoms with Crippen LogP contribution in [0.15, 0.2) is 83.4 Å². The summed E-state index contributed by atoms with van der Waals surface area (Å²) in [6, 6.07) is 26.6. The van der Waals surface area contributed by atoms with Crippen molar-refractivity contribution in [1.82, 2.24) is 15.0 Å². The fraction of sp³-hybridized carbons (Fsp3) is 0.344. The van der Waals surface area contributed by atoms with E-state index in [1.165, 1.54) is 16.8 Å². The number of piperazine rings is 1. The second kappa shape index (κ2) is 12.3. The van der Waals surface area contributed by atoms with Gasteiger partial charge in [-0.2, -0.15) is 0 Å². The van der Waals surface area contributed by atoms with Gasteiger partial charge in [0.15, 0.2) is 5.76 Å². The van der Waals surface area contributed by atoms with E-state index in [1.54, 1.807) is 0 Å². The third kappa shape index (κ3) is 6.63. The molecule has 0 unspecified atom stereocenters. The first-order valence-corrected chi connectivity index (χ1v) is 13.6. The van der Waals surface area contributed by atoms with Crippen molar-refractivity contribution in [1.29, 1.82) is 0 Å². The van der Waals surface area contributed by atoms with Gasteiger partial charge in [-0.1, -0.05) is 48.0 Å². The molecule has 6 heteroatoms. The average molecular weight is 511 g/mol. The van der Waals surface area contributed by atoms with E-state index in [-0.39, 0.29) is 0 Å². The van der Waals surface area contributed by atoms with E-state index in [0.29, 0.717) is 0 Å². The quantitative estimate of drug-likeness (QED) is 0.246. The van der Waals surface area contributed by atoms with E-state index in [4.69, 9.17) is 9.26 Å². The van der Waals surface area contributed by atoms with Gasteiger partial charge in [0.25, 0.3) is 0 Å². The van der Waals surface area contributed by atoms with Crippen LogP contribution >= 0.6 is 0 Å². The maximum absolute atomic E-state index is 5.90. The molecule has 0 amide bonds. The van der Waals surface area contributed by atoms with E-state index < -0.39 is 0 Å². The Kier molecular flexibility index (Phi) is 8.41. The summed E-state index contributed by atoms with van der Waals surface area (Å²) in [4.78, 5) is 7.53. The van der Waals surface area contributed by atoms with Gasteiger partial charge in [0, 0.05) is 56.6 Å². The van der Waals surface area contributed by atoms with Crippen molar-refractivity contribution in [3.05, 3.63) is 95.7 Å². The van der Waals surface area contributed by atoms with E-state index in [1.807, 2.05) is 54.6 Å². The molecule has 38 heavy (non-hydrogen) atoms. The first-order chi connectivity index (χ1) is 18.6. The Balaban J connectivity index is 1.10. The van der Waals surface area contributed by atoms with Crippen LogP contribution in [0.2, 0.25) is 0 Å². The highest BCUT2D eigenvalue weighted by atomic mass is 16.5. The lowest BCUT2D eigenvalue weighted by Crippen LogP contribution is -2.48. The predicted octanol–water partition coefficient (Wildman–Crippen LogP) is 6.39. The van der Waals surface area contributed by atoms with Crippen molar-refractivity contribution in [3.63, 3.8) is 0 Å². The van der Waals surface area contributed by atoms with Crippen LogP contribution in [0.1, 0.15) is 23.8 Å². The smallest absolute Gasteiger partial charge is 0.151 e. The highest BCUT2D eigenvalue weighted by Crippen LogP contribution is 2.26. The second-order valence-electron chi connectivity index (χ2n) is 10.1. The van der Waals surface area contributed by atoms with Crippen molar-refractivity contribution in [2.75, 3.05) is 50.7 Å². The van der Waals surface area contributed by atoms with Gasteiger partial charge < -0.3 is 14.2 Å². The number of anilines is 1. The SMILES string of the molecule is CCN(CCN1CCN(c2ccc(C)cc2C)CC1)Cc1cc(-c2ccc(Oc3ccccc3)cc2)no1. The molecule has 198 valence electrons. The van der Waals surface area contributed by atoms with Crippen molar-refractivity contribution in [3.8, 4) is 22.8 Å². The van der Waals surface area contributed by atoms with Gasteiger partial charge in [0.1, 0.15) is 17.2 Å². The Bertz CT molecular complexity index is 1290. The summed E-state index contributed by atoms with van der Waals surface area (Å²) in [6.45, 7) is 14.8. The largest absolute Gasteiger partial charge is 0.457 e. The molecule has 0 N–H and O–H groups in total. The maximum Gasteiger partial charge on any atom is 0.151 e. The number of nitrogens with zero attached hydrogens (tertiary/aromatic N) is 4. The normalized spacial score (nSPS) is 14.3. The number of benzene rings is 3. The Morgan fingerprint density at radius 1 is 0.868 bits per heavy atom. The molecular weight excluding hydrogens is 472 g/mol. The zero-order valence-corrected chi connectivity index (χ0v) is 22.8. The van der Waals surface area contributed by atoms with Crippen LogP contribution in [0, 0.1) is 13.8 Å². The maximum atomic E-state index is 5.90. The monoisotopic (exact) mass is 510 g/mol. The number of rotatable bonds is 10. The molecule has 1 aliphatic heterocycles. The van der Waals surface area contributed by atoms with Crippen molar-refractivity contribution < 1.29 is 9.26 Å². The summed E-state index contributed by atoms with van der Waals surface area (Å²) in [5.74, 6) is 2.52. The first kappa shape index (κ1) is 26.0. The zero-order valence-electron chi connectivity index (χ0n) is 22.8. The molecule has 5 rings (SSSR count). The molecule has 2 heterocycles. The Morgan fingerprint density at radius 3 is 2.32 bits per heavy atom.